The Balaban J connectivity index is 3.17. The van der Waals surface area contributed by atoms with Crippen molar-refractivity contribution in [3.8, 4) is 0 Å². The van der Waals surface area contributed by atoms with Crippen LogP contribution in [0.3, 0.4) is 0 Å². The molecular weight excluding hydrogens is 170 g/mol. The summed E-state index contributed by atoms with van der Waals surface area (Å²) in [7, 11) is 5.34. The molecule has 0 spiro atoms. The first-order valence-electron chi connectivity index (χ1n) is 3.94. The molecule has 0 saturated heterocycles. The molecule has 0 fully saturated rings. The van der Waals surface area contributed by atoms with Gasteiger partial charge in [0.25, 0.3) is 5.56 Å². The van der Waals surface area contributed by atoms with Crippen LogP contribution in [-0.4, -0.2) is 28.5 Å². The fourth-order valence-electron chi connectivity index (χ4n) is 1.07. The molecule has 1 rings (SSSR count). The Bertz CT molecular complexity index is 403. The fraction of sp³-hybridized carbons (Fsp3) is 0.500. The molecule has 1 heterocycles. The van der Waals surface area contributed by atoms with Crippen molar-refractivity contribution in [3.05, 3.63) is 32.6 Å². The summed E-state index contributed by atoms with van der Waals surface area (Å²) >= 11 is 0. The van der Waals surface area contributed by atoms with Gasteiger partial charge in [-0.1, -0.05) is 0 Å². The molecule has 0 aliphatic rings. The van der Waals surface area contributed by atoms with Crippen LogP contribution in [0.4, 0.5) is 0 Å². The van der Waals surface area contributed by atoms with Gasteiger partial charge in [-0.2, -0.15) is 0 Å². The summed E-state index contributed by atoms with van der Waals surface area (Å²) in [5.41, 5.74) is -0.101. The van der Waals surface area contributed by atoms with Gasteiger partial charge in [-0.3, -0.25) is 9.78 Å². The molecule has 0 aliphatic heterocycles. The number of hydrogen-bond acceptors (Lipinski definition) is 3. The highest BCUT2D eigenvalue weighted by molar-refractivity contribution is 5.03. The molecule has 13 heavy (non-hydrogen) atoms. The first-order valence-corrected chi connectivity index (χ1v) is 3.94. The van der Waals surface area contributed by atoms with E-state index in [-0.39, 0.29) is 11.2 Å². The van der Waals surface area contributed by atoms with Crippen LogP contribution in [0.15, 0.2) is 15.8 Å². The Hall–Kier alpha value is -1.36. The van der Waals surface area contributed by atoms with Crippen LogP contribution in [0.25, 0.3) is 0 Å². The second-order valence-corrected chi connectivity index (χ2v) is 3.26. The van der Waals surface area contributed by atoms with Gasteiger partial charge < -0.3 is 9.47 Å². The third-order valence-electron chi connectivity index (χ3n) is 1.67. The zero-order chi connectivity index (χ0) is 10.0. The zero-order valence-electron chi connectivity index (χ0n) is 8.00. The third-order valence-corrected chi connectivity index (χ3v) is 1.67. The summed E-state index contributed by atoms with van der Waals surface area (Å²) in [6.45, 7) is 0.531. The van der Waals surface area contributed by atoms with Crippen LogP contribution in [0.2, 0.25) is 0 Å². The average molecular weight is 183 g/mol. The fourth-order valence-corrected chi connectivity index (χ4v) is 1.07. The van der Waals surface area contributed by atoms with Gasteiger partial charge in [0.05, 0.1) is 0 Å². The summed E-state index contributed by atoms with van der Waals surface area (Å²) in [6, 6.07) is 0. The molecule has 0 aliphatic carbocycles. The lowest BCUT2D eigenvalue weighted by Crippen LogP contribution is -2.31. The van der Waals surface area contributed by atoms with E-state index in [1.807, 2.05) is 19.0 Å². The summed E-state index contributed by atoms with van der Waals surface area (Å²) < 4.78 is 1.36. The van der Waals surface area contributed by atoms with E-state index in [0.29, 0.717) is 12.1 Å². The number of H-pyrrole nitrogens is 1. The van der Waals surface area contributed by atoms with Crippen molar-refractivity contribution in [1.29, 1.82) is 0 Å². The van der Waals surface area contributed by atoms with Crippen molar-refractivity contribution < 1.29 is 0 Å². The van der Waals surface area contributed by atoms with Crippen LogP contribution in [0.1, 0.15) is 5.56 Å². The molecule has 1 aromatic rings. The minimum absolute atomic E-state index is 0.309. The minimum Gasteiger partial charge on any atom is -0.305 e. The molecule has 0 saturated carbocycles. The number of hydrogen-bond donors (Lipinski definition) is 1. The Morgan fingerprint density at radius 1 is 1.46 bits per heavy atom. The number of aromatic nitrogens is 2. The smallest absolute Gasteiger partial charge is 0.305 e. The SMILES string of the molecule is CN(C)Cc1cn(C)c(=O)[nH]c1=O. The van der Waals surface area contributed by atoms with Crippen molar-refractivity contribution >= 4 is 0 Å². The van der Waals surface area contributed by atoms with Gasteiger partial charge >= 0.3 is 5.69 Å². The first-order chi connectivity index (χ1) is 6.00. The second-order valence-electron chi connectivity index (χ2n) is 3.26. The zero-order valence-corrected chi connectivity index (χ0v) is 8.00. The Kier molecular flexibility index (Phi) is 2.67. The maximum absolute atomic E-state index is 11.2. The Morgan fingerprint density at radius 3 is 2.62 bits per heavy atom. The molecule has 0 aromatic carbocycles. The van der Waals surface area contributed by atoms with Gasteiger partial charge in [0.1, 0.15) is 0 Å². The van der Waals surface area contributed by atoms with Crippen LogP contribution >= 0.6 is 0 Å². The molecule has 72 valence electrons. The number of aryl methyl sites for hydroxylation is 1. The molecule has 5 heteroatoms. The number of aromatic amines is 1. The van der Waals surface area contributed by atoms with Crippen molar-refractivity contribution in [2.75, 3.05) is 14.1 Å². The second kappa shape index (κ2) is 3.57. The molecule has 1 N–H and O–H groups in total. The molecular formula is C8H13N3O2. The highest BCUT2D eigenvalue weighted by Gasteiger charge is 2.02. The molecule has 5 nitrogen and oxygen atoms in total. The van der Waals surface area contributed by atoms with Crippen molar-refractivity contribution in [2.45, 2.75) is 6.54 Å². The van der Waals surface area contributed by atoms with Crippen LogP contribution in [-0.2, 0) is 13.6 Å². The highest BCUT2D eigenvalue weighted by Crippen LogP contribution is 1.90. The standard InChI is InChI=1S/C8H13N3O2/c1-10(2)4-6-5-11(3)8(13)9-7(6)12/h5H,4H2,1-3H3,(H,9,12,13). The molecule has 1 aromatic heterocycles. The number of rotatable bonds is 2. The Labute approximate surface area is 75.6 Å². The first kappa shape index (κ1) is 9.73. The molecule has 0 unspecified atom stereocenters. The normalized spacial score (nSPS) is 10.8. The molecule has 0 bridgehead atoms. The number of nitrogens with zero attached hydrogens (tertiary/aromatic N) is 2. The van der Waals surface area contributed by atoms with E-state index in [1.165, 1.54) is 4.57 Å². The monoisotopic (exact) mass is 183 g/mol. The van der Waals surface area contributed by atoms with Gasteiger partial charge in [-0.15, -0.1) is 0 Å². The lowest BCUT2D eigenvalue weighted by Gasteiger charge is -2.08. The lowest BCUT2D eigenvalue weighted by molar-refractivity contribution is 0.398. The largest absolute Gasteiger partial charge is 0.328 e. The molecule has 0 atom stereocenters. The minimum atomic E-state index is -0.382. The van der Waals surface area contributed by atoms with Gasteiger partial charge in [0.2, 0.25) is 0 Å². The van der Waals surface area contributed by atoms with E-state index in [1.54, 1.807) is 13.2 Å². The average Bonchev–Trinajstić information content (AvgIpc) is 1.99. The van der Waals surface area contributed by atoms with Gasteiger partial charge in [0.15, 0.2) is 0 Å². The predicted molar refractivity (Wildman–Crippen MR) is 49.7 cm³/mol. The topological polar surface area (TPSA) is 58.1 Å². The quantitative estimate of drug-likeness (QED) is 0.648. The van der Waals surface area contributed by atoms with Gasteiger partial charge in [-0.05, 0) is 14.1 Å². The van der Waals surface area contributed by atoms with E-state index in [0.717, 1.165) is 0 Å². The van der Waals surface area contributed by atoms with Gasteiger partial charge in [-0.25, -0.2) is 4.79 Å². The maximum atomic E-state index is 11.2. The van der Waals surface area contributed by atoms with Crippen LogP contribution < -0.4 is 11.2 Å². The third kappa shape index (κ3) is 2.29. The predicted octanol–water partition coefficient (Wildman–Crippen LogP) is -0.865. The van der Waals surface area contributed by atoms with Crippen LogP contribution in [0.5, 0.6) is 0 Å². The van der Waals surface area contributed by atoms with E-state index in [2.05, 4.69) is 4.98 Å². The van der Waals surface area contributed by atoms with E-state index in [9.17, 15) is 9.59 Å². The van der Waals surface area contributed by atoms with Crippen molar-refractivity contribution in [1.82, 2.24) is 14.5 Å². The molecule has 0 amide bonds. The summed E-state index contributed by atoms with van der Waals surface area (Å²) in [6.07, 6.45) is 1.56. The van der Waals surface area contributed by atoms with E-state index in [4.69, 9.17) is 0 Å². The van der Waals surface area contributed by atoms with E-state index >= 15 is 0 Å². The van der Waals surface area contributed by atoms with Crippen molar-refractivity contribution in [3.63, 3.8) is 0 Å². The summed E-state index contributed by atoms with van der Waals surface area (Å²) in [4.78, 5) is 26.3. The highest BCUT2D eigenvalue weighted by atomic mass is 16.2. The molecule has 0 radical (unpaired) electrons. The summed E-state index contributed by atoms with van der Waals surface area (Å²) in [5.74, 6) is 0. The lowest BCUT2D eigenvalue weighted by atomic mass is 10.3. The maximum Gasteiger partial charge on any atom is 0.328 e. The Morgan fingerprint density at radius 2 is 2.08 bits per heavy atom. The number of nitrogens with one attached hydrogen (secondary N) is 1. The summed E-state index contributed by atoms with van der Waals surface area (Å²) in [5, 5.41) is 0. The van der Waals surface area contributed by atoms with Crippen molar-refractivity contribution in [2.24, 2.45) is 7.05 Å². The van der Waals surface area contributed by atoms with Crippen LogP contribution in [0, 0.1) is 0 Å². The van der Waals surface area contributed by atoms with Gasteiger partial charge in [0, 0.05) is 25.4 Å². The van der Waals surface area contributed by atoms with E-state index < -0.39 is 0 Å².